The molecule has 3 amide bonds. The molecule has 0 fully saturated rings. The van der Waals surface area contributed by atoms with Gasteiger partial charge in [-0.3, -0.25) is 19.3 Å². The van der Waals surface area contributed by atoms with Gasteiger partial charge < -0.3 is 9.47 Å². The Hall–Kier alpha value is -3.38. The highest BCUT2D eigenvalue weighted by Crippen LogP contribution is 2.39. The van der Waals surface area contributed by atoms with Gasteiger partial charge in [0.15, 0.2) is 12.4 Å². The van der Waals surface area contributed by atoms with Gasteiger partial charge in [0.25, 0.3) is 11.8 Å². The molecule has 33 heavy (non-hydrogen) atoms. The van der Waals surface area contributed by atoms with Gasteiger partial charge in [-0.1, -0.05) is 5.92 Å². The standard InChI is InChI=1S/C23H22ClFN2O6/c1-3-9-26-18-11-17(16(25)10-19(18)33-13-21(26)29)27(20(28)12-24)22(30)14-7-5-6-8-15(14)23(31)32-4-2/h1,10-11H,4-9,12-13H2,2H3. The Kier molecular flexibility index (Phi) is 7.71. The molecular weight excluding hydrogens is 455 g/mol. The fraction of sp³-hybridized carbons (Fsp3) is 0.391. The van der Waals surface area contributed by atoms with E-state index in [9.17, 15) is 19.2 Å². The van der Waals surface area contributed by atoms with E-state index in [1.807, 2.05) is 0 Å². The highest BCUT2D eigenvalue weighted by Gasteiger charge is 2.35. The quantitative estimate of drug-likeness (QED) is 0.356. The number of imide groups is 1. The first-order chi connectivity index (χ1) is 15.8. The number of nitrogens with zero attached hydrogens (tertiary/aromatic N) is 2. The van der Waals surface area contributed by atoms with E-state index >= 15 is 4.39 Å². The number of amides is 3. The minimum Gasteiger partial charge on any atom is -0.481 e. The van der Waals surface area contributed by atoms with Crippen LogP contribution in [0.4, 0.5) is 15.8 Å². The lowest BCUT2D eigenvalue weighted by atomic mass is 9.90. The topological polar surface area (TPSA) is 93.2 Å². The summed E-state index contributed by atoms with van der Waals surface area (Å²) in [6.07, 6.45) is 7.14. The number of alkyl halides is 1. The largest absolute Gasteiger partial charge is 0.481 e. The Balaban J connectivity index is 2.13. The smallest absolute Gasteiger partial charge is 0.334 e. The van der Waals surface area contributed by atoms with Crippen LogP contribution >= 0.6 is 11.6 Å². The van der Waals surface area contributed by atoms with Crippen LogP contribution in [0.25, 0.3) is 0 Å². The average Bonchev–Trinajstić information content (AvgIpc) is 2.81. The summed E-state index contributed by atoms with van der Waals surface area (Å²) < 4.78 is 25.5. The van der Waals surface area contributed by atoms with Gasteiger partial charge >= 0.3 is 5.97 Å². The third-order valence-corrected chi connectivity index (χ3v) is 5.50. The molecule has 0 bridgehead atoms. The molecule has 8 nitrogen and oxygen atoms in total. The summed E-state index contributed by atoms with van der Waals surface area (Å²) in [6, 6.07) is 2.12. The third kappa shape index (κ3) is 4.86. The van der Waals surface area contributed by atoms with Gasteiger partial charge in [-0.2, -0.15) is 0 Å². The summed E-state index contributed by atoms with van der Waals surface area (Å²) in [7, 11) is 0. The van der Waals surface area contributed by atoms with Crippen LogP contribution in [-0.4, -0.2) is 49.3 Å². The average molecular weight is 477 g/mol. The molecule has 1 aromatic rings. The second-order valence-corrected chi connectivity index (χ2v) is 7.56. The van der Waals surface area contributed by atoms with E-state index in [1.165, 1.54) is 4.90 Å². The first-order valence-corrected chi connectivity index (χ1v) is 10.9. The zero-order valence-electron chi connectivity index (χ0n) is 18.0. The van der Waals surface area contributed by atoms with Crippen LogP contribution in [0.5, 0.6) is 5.75 Å². The Labute approximate surface area is 195 Å². The molecule has 0 atom stereocenters. The first-order valence-electron chi connectivity index (χ1n) is 10.4. The fourth-order valence-corrected chi connectivity index (χ4v) is 3.90. The summed E-state index contributed by atoms with van der Waals surface area (Å²) >= 11 is 5.74. The number of benzene rings is 1. The number of ether oxygens (including phenoxy) is 2. The number of fused-ring (bicyclic) bond motifs is 1. The van der Waals surface area contributed by atoms with Crippen LogP contribution in [0.2, 0.25) is 0 Å². The second-order valence-electron chi connectivity index (χ2n) is 7.30. The van der Waals surface area contributed by atoms with Gasteiger partial charge in [-0.05, 0) is 38.7 Å². The van der Waals surface area contributed by atoms with Crippen LogP contribution in [-0.2, 0) is 23.9 Å². The number of halogens is 2. The van der Waals surface area contributed by atoms with E-state index in [-0.39, 0.29) is 48.8 Å². The number of hydrogen-bond donors (Lipinski definition) is 0. The van der Waals surface area contributed by atoms with Gasteiger partial charge in [-0.25, -0.2) is 14.1 Å². The van der Waals surface area contributed by atoms with Gasteiger partial charge in [-0.15, -0.1) is 18.0 Å². The summed E-state index contributed by atoms with van der Waals surface area (Å²) in [6.45, 7) is 1.31. The monoisotopic (exact) mass is 476 g/mol. The molecule has 1 aliphatic carbocycles. The van der Waals surface area contributed by atoms with Crippen molar-refractivity contribution in [1.82, 2.24) is 0 Å². The molecule has 1 aromatic carbocycles. The van der Waals surface area contributed by atoms with Crippen LogP contribution < -0.4 is 14.5 Å². The van der Waals surface area contributed by atoms with E-state index in [0.717, 1.165) is 12.1 Å². The van der Waals surface area contributed by atoms with Gasteiger partial charge in [0, 0.05) is 17.2 Å². The van der Waals surface area contributed by atoms with E-state index in [1.54, 1.807) is 6.92 Å². The number of carbonyl (C=O) groups is 4. The van der Waals surface area contributed by atoms with Crippen molar-refractivity contribution in [3.8, 4) is 18.1 Å². The van der Waals surface area contributed by atoms with Crippen molar-refractivity contribution in [3.05, 3.63) is 29.1 Å². The molecule has 174 valence electrons. The minimum absolute atomic E-state index is 0.0425. The number of terminal acetylenes is 1. The number of carbonyl (C=O) groups excluding carboxylic acids is 4. The van der Waals surface area contributed by atoms with Crippen LogP contribution in [0.1, 0.15) is 32.6 Å². The van der Waals surface area contributed by atoms with Crippen LogP contribution in [0, 0.1) is 18.2 Å². The molecule has 1 aliphatic heterocycles. The highest BCUT2D eigenvalue weighted by molar-refractivity contribution is 6.34. The predicted octanol–water partition coefficient (Wildman–Crippen LogP) is 2.72. The lowest BCUT2D eigenvalue weighted by molar-refractivity contribution is -0.139. The van der Waals surface area contributed by atoms with Crippen molar-refractivity contribution in [3.63, 3.8) is 0 Å². The maximum Gasteiger partial charge on any atom is 0.334 e. The van der Waals surface area contributed by atoms with Crippen molar-refractivity contribution in [2.75, 3.05) is 35.4 Å². The molecule has 0 saturated carbocycles. The summed E-state index contributed by atoms with van der Waals surface area (Å²) in [5.41, 5.74) is -0.0792. The van der Waals surface area contributed by atoms with Crippen molar-refractivity contribution >= 4 is 46.7 Å². The van der Waals surface area contributed by atoms with Crippen molar-refractivity contribution in [2.24, 2.45) is 0 Å². The molecule has 0 radical (unpaired) electrons. The normalized spacial score (nSPS) is 15.3. The van der Waals surface area contributed by atoms with Gasteiger partial charge in [0.05, 0.1) is 24.5 Å². The van der Waals surface area contributed by atoms with Crippen molar-refractivity contribution in [2.45, 2.75) is 32.6 Å². The lowest BCUT2D eigenvalue weighted by Crippen LogP contribution is -2.42. The van der Waals surface area contributed by atoms with Gasteiger partial charge in [0.2, 0.25) is 5.91 Å². The first kappa shape index (κ1) is 24.3. The number of rotatable bonds is 6. The number of hydrogen-bond acceptors (Lipinski definition) is 6. The Bertz CT molecular complexity index is 1080. The zero-order chi connectivity index (χ0) is 24.1. The van der Waals surface area contributed by atoms with Crippen LogP contribution in [0.3, 0.4) is 0 Å². The third-order valence-electron chi connectivity index (χ3n) is 5.28. The number of esters is 1. The minimum atomic E-state index is -0.940. The summed E-state index contributed by atoms with van der Waals surface area (Å²) in [5, 5.41) is 0. The molecule has 0 aromatic heterocycles. The molecule has 0 spiro atoms. The number of anilines is 2. The van der Waals surface area contributed by atoms with Crippen LogP contribution in [0.15, 0.2) is 23.3 Å². The predicted molar refractivity (Wildman–Crippen MR) is 118 cm³/mol. The highest BCUT2D eigenvalue weighted by atomic mass is 35.5. The molecule has 3 rings (SSSR count). The maximum atomic E-state index is 15.1. The van der Waals surface area contributed by atoms with Crippen molar-refractivity contribution < 1.29 is 33.0 Å². The second kappa shape index (κ2) is 10.5. The Morgan fingerprint density at radius 1 is 1.27 bits per heavy atom. The molecule has 0 unspecified atom stereocenters. The zero-order valence-corrected chi connectivity index (χ0v) is 18.7. The van der Waals surface area contributed by atoms with E-state index in [0.29, 0.717) is 24.2 Å². The van der Waals surface area contributed by atoms with E-state index in [2.05, 4.69) is 5.92 Å². The molecule has 0 saturated heterocycles. The summed E-state index contributed by atoms with van der Waals surface area (Å²) in [4.78, 5) is 52.6. The molecule has 1 heterocycles. The van der Waals surface area contributed by atoms with Crippen molar-refractivity contribution in [1.29, 1.82) is 0 Å². The van der Waals surface area contributed by atoms with E-state index in [4.69, 9.17) is 27.5 Å². The summed E-state index contributed by atoms with van der Waals surface area (Å²) in [5.74, 6) is -2.05. The maximum absolute atomic E-state index is 15.1. The molecule has 2 aliphatic rings. The van der Waals surface area contributed by atoms with Gasteiger partial charge in [0.1, 0.15) is 11.6 Å². The SMILES string of the molecule is C#CCN1C(=O)COc2cc(F)c(N(C(=O)CCl)C(=O)C3=C(C(=O)OCC)CCCC3)cc21. The Morgan fingerprint density at radius 3 is 2.61 bits per heavy atom. The lowest BCUT2D eigenvalue weighted by Gasteiger charge is -2.30. The van der Waals surface area contributed by atoms with E-state index < -0.39 is 41.1 Å². The fourth-order valence-electron chi connectivity index (χ4n) is 3.78. The molecular formula is C23H22ClFN2O6. The molecule has 0 N–H and O–H groups in total. The molecule has 10 heteroatoms. The Morgan fingerprint density at radius 2 is 1.97 bits per heavy atom.